The Kier molecular flexibility index (Phi) is 4.04. The molecule has 54 heavy (non-hydrogen) atoms. The Bertz CT molecular complexity index is 4110. The lowest BCUT2D eigenvalue weighted by atomic mass is 10.00. The second kappa shape index (κ2) is 13.4. The molecule has 0 radical (unpaired) electrons. The molecule has 0 spiro atoms. The van der Waals surface area contributed by atoms with E-state index in [2.05, 4.69) is 0 Å². The molecule has 1 heterocycles. The molecule has 0 aliphatic carbocycles. The SMILES string of the molecule is [2H]c1c([2H])c([2H])c(-c2c([2H])c([2H])c(N(c3c([2H])c([2H])c(-c4ccc5c(c4)c4ccccc4n5-c4ccc5ccccc5c4)c([2H])c3[2H])c3c([2H])c([2H])c([2H])c([2H])c3-c3c([2H])c([2H])c([2H])c([2H])c3[2H])c([2H])c2[2H])c([2H])c1[2H]. The summed E-state index contributed by atoms with van der Waals surface area (Å²) in [6.07, 6.45) is 0. The molecule has 0 saturated heterocycles. The second-order valence-electron chi connectivity index (χ2n) is 12.1. The molecule has 10 aromatic rings. The lowest BCUT2D eigenvalue weighted by Gasteiger charge is -2.28. The fourth-order valence-electron chi connectivity index (χ4n) is 6.57. The van der Waals surface area contributed by atoms with Gasteiger partial charge in [0.2, 0.25) is 0 Å². The summed E-state index contributed by atoms with van der Waals surface area (Å²) in [6, 6.07) is 5.33. The van der Waals surface area contributed by atoms with Crippen LogP contribution in [-0.2, 0) is 0 Å². The molecule has 0 unspecified atom stereocenters. The van der Waals surface area contributed by atoms with Crippen molar-refractivity contribution in [1.29, 1.82) is 0 Å². The smallest absolute Gasteiger partial charge is 0.0645 e. The summed E-state index contributed by atoms with van der Waals surface area (Å²) < 4.78 is 200. The third-order valence-electron chi connectivity index (χ3n) is 9.01. The van der Waals surface area contributed by atoms with Crippen molar-refractivity contribution in [2.75, 3.05) is 4.90 Å². The van der Waals surface area contributed by atoms with Gasteiger partial charge in [-0.25, -0.2) is 0 Å². The Hall–Kier alpha value is -7.16. The molecular weight excluding hydrogens is 653 g/mol. The number of aromatic nitrogens is 1. The maximum Gasteiger partial charge on any atom is 0.0645 e. The standard InChI is InChI=1S/C52H36N2/c1-3-13-37(14-4-1)39-23-29-44(30-24-39)53(50-21-11-9-19-47(50)41-16-5-2-6-17-41)45-31-25-40(26-32-45)43-28-34-52-49(36-43)48-20-10-12-22-51(48)54(52)46-33-27-38-15-7-8-18-42(38)35-46/h1-36H/i1D,2D,3D,4D,5D,6D,9D,11D,13D,14D,16D,17D,19D,21D,23D,24D,25D,26D,29D,30D,31D,32D. The highest BCUT2D eigenvalue weighted by Crippen LogP contribution is 2.42. The average molecular weight is 711 g/mol. The molecule has 0 bridgehead atoms. The van der Waals surface area contributed by atoms with Crippen LogP contribution in [0.25, 0.3) is 71.6 Å². The highest BCUT2D eigenvalue weighted by Gasteiger charge is 2.18. The van der Waals surface area contributed by atoms with Crippen LogP contribution in [0.2, 0.25) is 0 Å². The minimum absolute atomic E-state index is 0.192. The predicted octanol–water partition coefficient (Wildman–Crippen LogP) is 14.4. The Labute approximate surface area is 346 Å². The lowest BCUT2D eigenvalue weighted by Crippen LogP contribution is -2.11. The highest BCUT2D eigenvalue weighted by molar-refractivity contribution is 6.10. The van der Waals surface area contributed by atoms with Crippen molar-refractivity contribution in [2.45, 2.75) is 0 Å². The van der Waals surface area contributed by atoms with Gasteiger partial charge in [0.25, 0.3) is 0 Å². The van der Waals surface area contributed by atoms with E-state index in [4.69, 9.17) is 16.4 Å². The lowest BCUT2D eigenvalue weighted by molar-refractivity contribution is 1.19. The van der Waals surface area contributed by atoms with Gasteiger partial charge in [0.15, 0.2) is 0 Å². The minimum Gasteiger partial charge on any atom is -0.310 e. The van der Waals surface area contributed by atoms with Crippen LogP contribution in [0.1, 0.15) is 30.2 Å². The molecule has 2 heteroatoms. The monoisotopic (exact) mass is 710 g/mol. The van der Waals surface area contributed by atoms with Crippen LogP contribution >= 0.6 is 0 Å². The summed E-state index contributed by atoms with van der Waals surface area (Å²) in [6.45, 7) is 0. The third kappa shape index (κ3) is 5.62. The zero-order valence-corrected chi connectivity index (χ0v) is 28.0. The van der Waals surface area contributed by atoms with Crippen LogP contribution in [0.4, 0.5) is 17.1 Å². The van der Waals surface area contributed by atoms with Crippen LogP contribution in [0.15, 0.2) is 218 Å². The number of anilines is 3. The minimum atomic E-state index is -1.14. The van der Waals surface area contributed by atoms with Gasteiger partial charge >= 0.3 is 0 Å². The zero-order chi connectivity index (χ0) is 55.0. The quantitative estimate of drug-likeness (QED) is 0.160. The Morgan fingerprint density at radius 2 is 0.963 bits per heavy atom. The van der Waals surface area contributed by atoms with Crippen LogP contribution in [0, 0.1) is 0 Å². The average Bonchev–Trinajstić information content (AvgIpc) is 3.80. The Morgan fingerprint density at radius 3 is 1.70 bits per heavy atom. The molecule has 0 aliphatic rings. The van der Waals surface area contributed by atoms with Crippen molar-refractivity contribution in [3.63, 3.8) is 0 Å². The van der Waals surface area contributed by atoms with Gasteiger partial charge in [-0.3, -0.25) is 0 Å². The molecule has 0 amide bonds. The molecule has 0 aliphatic heterocycles. The molecule has 0 fully saturated rings. The van der Waals surface area contributed by atoms with E-state index < -0.39 is 172 Å². The molecule has 0 atom stereocenters. The summed E-state index contributed by atoms with van der Waals surface area (Å²) >= 11 is 0. The van der Waals surface area contributed by atoms with E-state index in [9.17, 15) is 13.7 Å². The van der Waals surface area contributed by atoms with Crippen LogP contribution in [-0.4, -0.2) is 4.57 Å². The first kappa shape index (κ1) is 16.2. The number of hydrogen-bond donors (Lipinski definition) is 0. The summed E-state index contributed by atoms with van der Waals surface area (Å²) in [5.74, 6) is 0. The van der Waals surface area contributed by atoms with Crippen molar-refractivity contribution < 1.29 is 30.2 Å². The highest BCUT2D eigenvalue weighted by atomic mass is 15.1. The van der Waals surface area contributed by atoms with Gasteiger partial charge in [0, 0.05) is 33.4 Å². The molecule has 0 N–H and O–H groups in total. The maximum atomic E-state index is 9.74. The molecular formula is C52H36N2. The first-order valence-electron chi connectivity index (χ1n) is 27.7. The van der Waals surface area contributed by atoms with Crippen molar-refractivity contribution in [3.05, 3.63) is 218 Å². The summed E-state index contributed by atoms with van der Waals surface area (Å²) in [5, 5.41) is 3.46. The predicted molar refractivity (Wildman–Crippen MR) is 229 cm³/mol. The summed E-state index contributed by atoms with van der Waals surface area (Å²) in [7, 11) is 0. The van der Waals surface area contributed by atoms with E-state index in [1.54, 1.807) is 18.2 Å². The number of benzene rings is 9. The van der Waals surface area contributed by atoms with Crippen molar-refractivity contribution >= 4 is 49.6 Å². The van der Waals surface area contributed by atoms with E-state index in [0.717, 1.165) is 32.9 Å². The van der Waals surface area contributed by atoms with Gasteiger partial charge in [-0.05, 0) is 99.1 Å². The van der Waals surface area contributed by atoms with E-state index in [-0.39, 0.29) is 11.1 Å². The first-order valence-corrected chi connectivity index (χ1v) is 16.7. The molecule has 1 aromatic heterocycles. The molecule has 2 nitrogen and oxygen atoms in total. The van der Waals surface area contributed by atoms with Crippen molar-refractivity contribution in [3.8, 4) is 39.1 Å². The fourth-order valence-corrected chi connectivity index (χ4v) is 6.57. The van der Waals surface area contributed by atoms with Gasteiger partial charge in [-0.2, -0.15) is 0 Å². The van der Waals surface area contributed by atoms with E-state index in [1.165, 1.54) is 0 Å². The molecule has 254 valence electrons. The number of para-hydroxylation sites is 2. The van der Waals surface area contributed by atoms with Gasteiger partial charge in [0.1, 0.15) is 0 Å². The van der Waals surface area contributed by atoms with Crippen molar-refractivity contribution in [1.82, 2.24) is 4.57 Å². The number of hydrogen-bond acceptors (Lipinski definition) is 1. The van der Waals surface area contributed by atoms with Gasteiger partial charge in [0.05, 0.1) is 46.9 Å². The van der Waals surface area contributed by atoms with Crippen molar-refractivity contribution in [2.24, 2.45) is 0 Å². The fraction of sp³-hybridized carbons (Fsp3) is 0. The largest absolute Gasteiger partial charge is 0.310 e. The van der Waals surface area contributed by atoms with Crippen LogP contribution in [0.3, 0.4) is 0 Å². The first-order chi connectivity index (χ1) is 35.9. The second-order valence-corrected chi connectivity index (χ2v) is 12.1. The summed E-state index contributed by atoms with van der Waals surface area (Å²) in [5.41, 5.74) is -3.88. The third-order valence-corrected chi connectivity index (χ3v) is 9.01. The van der Waals surface area contributed by atoms with Gasteiger partial charge < -0.3 is 9.47 Å². The maximum absolute atomic E-state index is 9.74. The Morgan fingerprint density at radius 1 is 0.389 bits per heavy atom. The van der Waals surface area contributed by atoms with Crippen LogP contribution in [0.5, 0.6) is 0 Å². The topological polar surface area (TPSA) is 8.17 Å². The number of fused-ring (bicyclic) bond motifs is 4. The Balaban J connectivity index is 1.30. The van der Waals surface area contributed by atoms with Crippen LogP contribution < -0.4 is 4.90 Å². The number of nitrogens with zero attached hydrogens (tertiary/aromatic N) is 2. The van der Waals surface area contributed by atoms with E-state index in [1.807, 2.05) is 71.3 Å². The molecule has 10 rings (SSSR count). The van der Waals surface area contributed by atoms with E-state index in [0.29, 0.717) is 10.3 Å². The number of rotatable bonds is 7. The van der Waals surface area contributed by atoms with E-state index >= 15 is 0 Å². The zero-order valence-electron chi connectivity index (χ0n) is 50.0. The van der Waals surface area contributed by atoms with Gasteiger partial charge in [-0.15, -0.1) is 0 Å². The molecule has 9 aromatic carbocycles. The summed E-state index contributed by atoms with van der Waals surface area (Å²) in [4.78, 5) is 0.505. The van der Waals surface area contributed by atoms with Gasteiger partial charge in [-0.1, -0.05) is 157 Å². The normalized spacial score (nSPS) is 17.0. The molecule has 0 saturated carbocycles.